The van der Waals surface area contributed by atoms with Gasteiger partial charge in [-0.25, -0.2) is 4.79 Å². The van der Waals surface area contributed by atoms with E-state index in [1.165, 1.54) is 7.11 Å². The molecule has 8 nitrogen and oxygen atoms in total. The molecule has 8 heteroatoms. The largest absolute Gasteiger partial charge is 0.465 e. The van der Waals surface area contributed by atoms with Gasteiger partial charge in [-0.1, -0.05) is 5.16 Å². The van der Waals surface area contributed by atoms with E-state index >= 15 is 0 Å². The first kappa shape index (κ1) is 18.6. The molecule has 2 amide bonds. The molecule has 2 heterocycles. The van der Waals surface area contributed by atoms with Crippen molar-refractivity contribution in [3.63, 3.8) is 0 Å². The zero-order valence-electron chi connectivity index (χ0n) is 15.2. The van der Waals surface area contributed by atoms with Crippen LogP contribution < -0.4 is 5.32 Å². The number of likely N-dealkylation sites (tertiary alicyclic amines) is 1. The van der Waals surface area contributed by atoms with Crippen LogP contribution >= 0.6 is 0 Å². The van der Waals surface area contributed by atoms with Gasteiger partial charge in [-0.2, -0.15) is 0 Å². The molecular weight excluding hydrogens is 350 g/mol. The average molecular weight is 371 g/mol. The highest BCUT2D eigenvalue weighted by Crippen LogP contribution is 2.15. The van der Waals surface area contributed by atoms with Crippen LogP contribution in [0.3, 0.4) is 0 Å². The van der Waals surface area contributed by atoms with Gasteiger partial charge in [0.1, 0.15) is 5.76 Å². The molecule has 0 radical (unpaired) electrons. The van der Waals surface area contributed by atoms with Crippen molar-refractivity contribution in [1.82, 2.24) is 15.4 Å². The fraction of sp³-hybridized carbons (Fsp3) is 0.368. The van der Waals surface area contributed by atoms with Crippen LogP contribution in [0.25, 0.3) is 0 Å². The van der Waals surface area contributed by atoms with Gasteiger partial charge in [0.05, 0.1) is 12.7 Å². The summed E-state index contributed by atoms with van der Waals surface area (Å²) in [4.78, 5) is 37.9. The summed E-state index contributed by atoms with van der Waals surface area (Å²) in [6.07, 6.45) is 1.32. The Kier molecular flexibility index (Phi) is 5.54. The summed E-state index contributed by atoms with van der Waals surface area (Å²) in [7, 11) is 1.31. The fourth-order valence-corrected chi connectivity index (χ4v) is 3.01. The lowest BCUT2D eigenvalue weighted by Crippen LogP contribution is -2.46. The summed E-state index contributed by atoms with van der Waals surface area (Å²) in [5, 5.41) is 6.63. The number of nitrogens with one attached hydrogen (secondary N) is 1. The molecule has 27 heavy (non-hydrogen) atoms. The van der Waals surface area contributed by atoms with Crippen LogP contribution in [0, 0.1) is 6.92 Å². The Hall–Kier alpha value is -3.16. The Balaban J connectivity index is 1.53. The Labute approximate surface area is 156 Å². The first-order valence-corrected chi connectivity index (χ1v) is 8.70. The highest BCUT2D eigenvalue weighted by atomic mass is 16.5. The van der Waals surface area contributed by atoms with Crippen molar-refractivity contribution in [2.24, 2.45) is 0 Å². The maximum atomic E-state index is 12.6. The van der Waals surface area contributed by atoms with E-state index in [4.69, 9.17) is 4.52 Å². The summed E-state index contributed by atoms with van der Waals surface area (Å²) in [6.45, 7) is 2.81. The number of hydrogen-bond acceptors (Lipinski definition) is 6. The molecule has 1 aliphatic heterocycles. The number of ether oxygens (including phenoxy) is 1. The zero-order chi connectivity index (χ0) is 19.4. The number of carbonyl (C=O) groups excluding carboxylic acids is 3. The van der Waals surface area contributed by atoms with E-state index in [1.54, 1.807) is 42.2 Å². The van der Waals surface area contributed by atoms with Crippen LogP contribution in [0.5, 0.6) is 0 Å². The summed E-state index contributed by atoms with van der Waals surface area (Å²) in [5.41, 5.74) is 1.18. The van der Waals surface area contributed by atoms with Gasteiger partial charge in [-0.05, 0) is 44.0 Å². The number of amides is 2. The van der Waals surface area contributed by atoms with E-state index < -0.39 is 5.97 Å². The van der Waals surface area contributed by atoms with Crippen LogP contribution in [-0.2, 0) is 4.74 Å². The minimum Gasteiger partial charge on any atom is -0.465 e. The Morgan fingerprint density at radius 1 is 1.15 bits per heavy atom. The molecule has 3 rings (SSSR count). The van der Waals surface area contributed by atoms with Crippen molar-refractivity contribution < 1.29 is 23.6 Å². The Bertz CT molecular complexity index is 835. The molecule has 0 bridgehead atoms. The van der Waals surface area contributed by atoms with E-state index in [2.05, 4.69) is 15.2 Å². The van der Waals surface area contributed by atoms with Gasteiger partial charge in [0.25, 0.3) is 11.8 Å². The maximum Gasteiger partial charge on any atom is 0.337 e. The van der Waals surface area contributed by atoms with Crippen LogP contribution in [0.4, 0.5) is 0 Å². The summed E-state index contributed by atoms with van der Waals surface area (Å²) in [6, 6.07) is 7.97. The fourth-order valence-electron chi connectivity index (χ4n) is 3.01. The van der Waals surface area contributed by atoms with E-state index in [-0.39, 0.29) is 23.6 Å². The molecule has 1 aromatic carbocycles. The molecule has 1 saturated heterocycles. The van der Waals surface area contributed by atoms with Crippen molar-refractivity contribution >= 4 is 17.8 Å². The summed E-state index contributed by atoms with van der Waals surface area (Å²) < 4.78 is 9.56. The summed E-state index contributed by atoms with van der Waals surface area (Å²) in [5.74, 6) is -0.218. The summed E-state index contributed by atoms with van der Waals surface area (Å²) >= 11 is 0. The second-order valence-corrected chi connectivity index (χ2v) is 6.43. The van der Waals surface area contributed by atoms with Gasteiger partial charge in [0.2, 0.25) is 0 Å². The lowest BCUT2D eigenvalue weighted by molar-refractivity contribution is 0.0598. The molecule has 0 spiro atoms. The Morgan fingerprint density at radius 2 is 1.78 bits per heavy atom. The topological polar surface area (TPSA) is 102 Å². The monoisotopic (exact) mass is 371 g/mol. The lowest BCUT2D eigenvalue weighted by atomic mass is 10.0. The minimum atomic E-state index is -0.437. The van der Waals surface area contributed by atoms with Crippen LogP contribution in [-0.4, -0.2) is 54.1 Å². The van der Waals surface area contributed by atoms with Crippen LogP contribution in [0.2, 0.25) is 0 Å². The standard InChI is InChI=1S/C19H21N3O5/c1-12-11-16(21-27-12)17(23)20-15-7-9-22(10-8-15)18(24)13-3-5-14(6-4-13)19(25)26-2/h3-6,11,15H,7-10H2,1-2H3,(H,20,23). The molecule has 1 aliphatic rings. The second kappa shape index (κ2) is 8.03. The van der Waals surface area contributed by atoms with Crippen molar-refractivity contribution in [2.75, 3.05) is 20.2 Å². The number of hydrogen-bond donors (Lipinski definition) is 1. The average Bonchev–Trinajstić information content (AvgIpc) is 3.14. The first-order valence-electron chi connectivity index (χ1n) is 8.70. The van der Waals surface area contributed by atoms with Gasteiger partial charge in [-0.15, -0.1) is 0 Å². The van der Waals surface area contributed by atoms with Crippen LogP contribution in [0.1, 0.15) is 49.8 Å². The number of benzene rings is 1. The molecular formula is C19H21N3O5. The molecule has 0 atom stereocenters. The first-order chi connectivity index (χ1) is 13.0. The molecule has 1 N–H and O–H groups in total. The molecule has 1 fully saturated rings. The number of carbonyl (C=O) groups is 3. The third kappa shape index (κ3) is 4.33. The number of aromatic nitrogens is 1. The van der Waals surface area contributed by atoms with Crippen LogP contribution in [0.15, 0.2) is 34.9 Å². The van der Waals surface area contributed by atoms with E-state index in [1.807, 2.05) is 0 Å². The predicted molar refractivity (Wildman–Crippen MR) is 95.4 cm³/mol. The third-order valence-electron chi connectivity index (χ3n) is 4.53. The molecule has 0 saturated carbocycles. The highest BCUT2D eigenvalue weighted by Gasteiger charge is 2.25. The highest BCUT2D eigenvalue weighted by molar-refractivity contribution is 5.96. The number of methoxy groups -OCH3 is 1. The van der Waals surface area contributed by atoms with Crippen molar-refractivity contribution in [3.8, 4) is 0 Å². The van der Waals surface area contributed by atoms with Gasteiger partial charge in [0, 0.05) is 30.8 Å². The molecule has 142 valence electrons. The predicted octanol–water partition coefficient (Wildman–Crippen LogP) is 1.80. The number of rotatable bonds is 4. The molecule has 0 unspecified atom stereocenters. The second-order valence-electron chi connectivity index (χ2n) is 6.43. The van der Waals surface area contributed by atoms with E-state index in [0.29, 0.717) is 42.8 Å². The lowest BCUT2D eigenvalue weighted by Gasteiger charge is -2.32. The van der Waals surface area contributed by atoms with Gasteiger partial charge >= 0.3 is 5.97 Å². The Morgan fingerprint density at radius 3 is 2.33 bits per heavy atom. The number of esters is 1. The van der Waals surface area contributed by atoms with Crippen molar-refractivity contribution in [2.45, 2.75) is 25.8 Å². The van der Waals surface area contributed by atoms with Crippen molar-refractivity contribution in [1.29, 1.82) is 0 Å². The van der Waals surface area contributed by atoms with E-state index in [0.717, 1.165) is 0 Å². The number of piperidine rings is 1. The molecule has 2 aromatic rings. The smallest absolute Gasteiger partial charge is 0.337 e. The maximum absolute atomic E-state index is 12.6. The third-order valence-corrected chi connectivity index (χ3v) is 4.53. The normalized spacial score (nSPS) is 14.7. The quantitative estimate of drug-likeness (QED) is 0.823. The number of nitrogens with zero attached hydrogens (tertiary/aromatic N) is 2. The SMILES string of the molecule is COC(=O)c1ccc(C(=O)N2CCC(NC(=O)c3cc(C)on3)CC2)cc1. The molecule has 0 aliphatic carbocycles. The zero-order valence-corrected chi connectivity index (χ0v) is 15.2. The van der Waals surface area contributed by atoms with Gasteiger partial charge < -0.3 is 19.5 Å². The number of aryl methyl sites for hydroxylation is 1. The van der Waals surface area contributed by atoms with Gasteiger partial charge in [0.15, 0.2) is 5.69 Å². The minimum absolute atomic E-state index is 0.0137. The van der Waals surface area contributed by atoms with E-state index in [9.17, 15) is 14.4 Å². The van der Waals surface area contributed by atoms with Gasteiger partial charge in [-0.3, -0.25) is 9.59 Å². The molecule has 1 aromatic heterocycles. The van der Waals surface area contributed by atoms with Crippen molar-refractivity contribution in [3.05, 3.63) is 52.9 Å².